The Morgan fingerprint density at radius 1 is 1.22 bits per heavy atom. The number of nitrogens with one attached hydrogen (secondary N) is 2. The molecule has 6 nitrogen and oxygen atoms in total. The molecular weight excluding hydrogens is 312 g/mol. The molecule has 2 heterocycles. The molecule has 2 N–H and O–H groups in total. The first-order chi connectivity index (χ1) is 11.0. The zero-order valence-electron chi connectivity index (χ0n) is 14.6. The van der Waals surface area contributed by atoms with E-state index in [0.29, 0.717) is 24.1 Å². The molecule has 0 saturated carbocycles. The molecule has 23 heavy (non-hydrogen) atoms. The van der Waals surface area contributed by atoms with Crippen LogP contribution in [0.25, 0.3) is 0 Å². The Morgan fingerprint density at radius 2 is 1.96 bits per heavy atom. The van der Waals surface area contributed by atoms with E-state index in [4.69, 9.17) is 0 Å². The molecule has 0 aromatic heterocycles. The number of sulfone groups is 1. The Morgan fingerprint density at radius 3 is 2.52 bits per heavy atom. The lowest BCUT2D eigenvalue weighted by atomic mass is 10.1. The highest BCUT2D eigenvalue weighted by Crippen LogP contribution is 2.18. The fourth-order valence-corrected chi connectivity index (χ4v) is 5.22. The van der Waals surface area contributed by atoms with Gasteiger partial charge in [0.1, 0.15) is 0 Å². The van der Waals surface area contributed by atoms with Crippen molar-refractivity contribution in [2.24, 2.45) is 10.9 Å². The zero-order valence-corrected chi connectivity index (χ0v) is 15.4. The van der Waals surface area contributed by atoms with E-state index >= 15 is 0 Å². The van der Waals surface area contributed by atoms with Crippen molar-refractivity contribution in [2.45, 2.75) is 45.6 Å². The van der Waals surface area contributed by atoms with Gasteiger partial charge in [-0.1, -0.05) is 6.92 Å². The lowest BCUT2D eigenvalue weighted by Gasteiger charge is -2.32. The molecule has 0 radical (unpaired) electrons. The van der Waals surface area contributed by atoms with E-state index in [1.807, 2.05) is 0 Å². The molecule has 1 unspecified atom stereocenters. The van der Waals surface area contributed by atoms with Crippen LogP contribution in [-0.4, -0.2) is 69.5 Å². The summed E-state index contributed by atoms with van der Waals surface area (Å²) >= 11 is 0. The second kappa shape index (κ2) is 8.87. The summed E-state index contributed by atoms with van der Waals surface area (Å²) in [6.07, 6.45) is 4.25. The number of aliphatic imine (C=N–C) groups is 1. The fourth-order valence-electron chi connectivity index (χ4n) is 3.37. The van der Waals surface area contributed by atoms with Crippen molar-refractivity contribution >= 4 is 15.8 Å². The quantitative estimate of drug-likeness (QED) is 0.552. The minimum atomic E-state index is -2.81. The molecule has 0 amide bonds. The Kier molecular flexibility index (Phi) is 7.14. The molecule has 0 aromatic carbocycles. The number of hydrogen-bond acceptors (Lipinski definition) is 4. The Hall–Kier alpha value is -0.820. The third kappa shape index (κ3) is 6.30. The summed E-state index contributed by atoms with van der Waals surface area (Å²) in [4.78, 5) is 7.15. The van der Waals surface area contributed by atoms with E-state index in [1.54, 1.807) is 0 Å². The summed E-state index contributed by atoms with van der Waals surface area (Å²) in [5.41, 5.74) is 0. The van der Waals surface area contributed by atoms with Gasteiger partial charge in [-0.25, -0.2) is 8.42 Å². The lowest BCUT2D eigenvalue weighted by molar-refractivity contribution is 0.206. The molecule has 0 aromatic rings. The van der Waals surface area contributed by atoms with E-state index in [-0.39, 0.29) is 5.92 Å². The molecule has 0 aliphatic carbocycles. The summed E-state index contributed by atoms with van der Waals surface area (Å²) < 4.78 is 23.1. The highest BCUT2D eigenvalue weighted by Gasteiger charge is 2.27. The van der Waals surface area contributed by atoms with Crippen LogP contribution in [0.15, 0.2) is 4.99 Å². The third-order valence-corrected chi connectivity index (χ3v) is 6.48. The van der Waals surface area contributed by atoms with Gasteiger partial charge in [0.15, 0.2) is 15.8 Å². The van der Waals surface area contributed by atoms with Crippen LogP contribution in [0.4, 0.5) is 0 Å². The van der Waals surface area contributed by atoms with Gasteiger partial charge in [-0.2, -0.15) is 0 Å². The second-order valence-electron chi connectivity index (χ2n) is 6.75. The monoisotopic (exact) mass is 344 g/mol. The normalized spacial score (nSPS) is 26.3. The van der Waals surface area contributed by atoms with Crippen LogP contribution >= 0.6 is 0 Å². The maximum absolute atomic E-state index is 11.5. The smallest absolute Gasteiger partial charge is 0.191 e. The van der Waals surface area contributed by atoms with Crippen LogP contribution in [-0.2, 0) is 9.84 Å². The molecule has 2 fully saturated rings. The Balaban J connectivity index is 1.80. The standard InChI is InChI=1S/C16H32N4O2S/c1-3-8-20-9-5-15(6-10-20)19-16(17-4-2)18-12-14-7-11-23(21,22)13-14/h14-15H,3-13H2,1-2H3,(H2,17,18,19). The van der Waals surface area contributed by atoms with Crippen LogP contribution in [0.1, 0.15) is 39.5 Å². The van der Waals surface area contributed by atoms with Crippen LogP contribution < -0.4 is 10.6 Å². The van der Waals surface area contributed by atoms with Crippen molar-refractivity contribution in [1.29, 1.82) is 0 Å². The van der Waals surface area contributed by atoms with Gasteiger partial charge in [0.2, 0.25) is 0 Å². The molecule has 2 rings (SSSR count). The first kappa shape index (κ1) is 18.5. The van der Waals surface area contributed by atoms with Gasteiger partial charge < -0.3 is 15.5 Å². The van der Waals surface area contributed by atoms with Crippen LogP contribution in [0.5, 0.6) is 0 Å². The molecule has 2 aliphatic heterocycles. The van der Waals surface area contributed by atoms with Crippen molar-refractivity contribution in [2.75, 3.05) is 44.2 Å². The number of rotatable bonds is 6. The number of piperidine rings is 1. The molecule has 2 saturated heterocycles. The molecule has 0 bridgehead atoms. The van der Waals surface area contributed by atoms with Gasteiger partial charge in [-0.15, -0.1) is 0 Å². The van der Waals surface area contributed by atoms with Crippen molar-refractivity contribution in [3.05, 3.63) is 0 Å². The second-order valence-corrected chi connectivity index (χ2v) is 8.98. The van der Waals surface area contributed by atoms with Gasteiger partial charge in [0.05, 0.1) is 11.5 Å². The van der Waals surface area contributed by atoms with Crippen molar-refractivity contribution in [3.63, 3.8) is 0 Å². The first-order valence-electron chi connectivity index (χ1n) is 9.00. The lowest BCUT2D eigenvalue weighted by Crippen LogP contribution is -2.48. The van der Waals surface area contributed by atoms with E-state index in [9.17, 15) is 8.42 Å². The number of guanidine groups is 1. The first-order valence-corrected chi connectivity index (χ1v) is 10.8. The summed E-state index contributed by atoms with van der Waals surface area (Å²) in [6, 6.07) is 0.466. The largest absolute Gasteiger partial charge is 0.357 e. The minimum absolute atomic E-state index is 0.182. The third-order valence-electron chi connectivity index (χ3n) is 4.65. The molecule has 134 valence electrons. The SMILES string of the molecule is CCCN1CCC(NC(=NCC2CCS(=O)(=O)C2)NCC)CC1. The van der Waals surface area contributed by atoms with Crippen molar-refractivity contribution in [1.82, 2.24) is 15.5 Å². The van der Waals surface area contributed by atoms with E-state index in [1.165, 1.54) is 13.0 Å². The van der Waals surface area contributed by atoms with E-state index in [2.05, 4.69) is 34.4 Å². The molecule has 2 aliphatic rings. The summed E-state index contributed by atoms with van der Waals surface area (Å²) in [7, 11) is -2.81. The van der Waals surface area contributed by atoms with Gasteiger partial charge in [-0.05, 0) is 45.1 Å². The van der Waals surface area contributed by atoms with Gasteiger partial charge in [0, 0.05) is 32.2 Å². The zero-order chi connectivity index (χ0) is 16.7. The number of likely N-dealkylation sites (tertiary alicyclic amines) is 1. The predicted octanol–water partition coefficient (Wildman–Crippen LogP) is 0.851. The van der Waals surface area contributed by atoms with Crippen molar-refractivity contribution < 1.29 is 8.42 Å². The number of hydrogen-bond donors (Lipinski definition) is 2. The van der Waals surface area contributed by atoms with Crippen molar-refractivity contribution in [3.8, 4) is 0 Å². The van der Waals surface area contributed by atoms with Gasteiger partial charge >= 0.3 is 0 Å². The van der Waals surface area contributed by atoms with E-state index < -0.39 is 9.84 Å². The van der Waals surface area contributed by atoms with Crippen LogP contribution in [0, 0.1) is 5.92 Å². The van der Waals surface area contributed by atoms with Crippen LogP contribution in [0.2, 0.25) is 0 Å². The molecule has 0 spiro atoms. The minimum Gasteiger partial charge on any atom is -0.357 e. The Labute approximate surface area is 141 Å². The summed E-state index contributed by atoms with van der Waals surface area (Å²) in [5.74, 6) is 1.64. The highest BCUT2D eigenvalue weighted by atomic mass is 32.2. The van der Waals surface area contributed by atoms with Crippen LogP contribution in [0.3, 0.4) is 0 Å². The maximum atomic E-state index is 11.5. The van der Waals surface area contributed by atoms with E-state index in [0.717, 1.165) is 44.9 Å². The topological polar surface area (TPSA) is 73.8 Å². The molecule has 1 atom stereocenters. The predicted molar refractivity (Wildman–Crippen MR) is 95.6 cm³/mol. The Bertz CT molecular complexity index is 484. The average Bonchev–Trinajstić information content (AvgIpc) is 2.87. The molecule has 7 heteroatoms. The maximum Gasteiger partial charge on any atom is 0.191 e. The van der Waals surface area contributed by atoms with Gasteiger partial charge in [0.25, 0.3) is 0 Å². The molecular formula is C16H32N4O2S. The highest BCUT2D eigenvalue weighted by molar-refractivity contribution is 7.91. The number of nitrogens with zero attached hydrogens (tertiary/aromatic N) is 2. The summed E-state index contributed by atoms with van der Waals surface area (Å²) in [6.45, 7) is 9.19. The van der Waals surface area contributed by atoms with Gasteiger partial charge in [-0.3, -0.25) is 4.99 Å². The fraction of sp³-hybridized carbons (Fsp3) is 0.938. The summed E-state index contributed by atoms with van der Waals surface area (Å²) in [5, 5.41) is 6.81. The average molecular weight is 345 g/mol.